The van der Waals surface area contributed by atoms with Gasteiger partial charge >= 0.3 is 5.97 Å². The molecule has 1 amide bonds. The highest BCUT2D eigenvalue weighted by molar-refractivity contribution is 5.76. The van der Waals surface area contributed by atoms with Crippen LogP contribution in [0.1, 0.15) is 303 Å². The normalized spacial score (nSPS) is 12.5. The summed E-state index contributed by atoms with van der Waals surface area (Å²) in [5.74, 6) is -0.0794. The van der Waals surface area contributed by atoms with Crippen LogP contribution in [-0.2, 0) is 14.3 Å². The third-order valence-corrected chi connectivity index (χ3v) is 12.7. The number of hydrogen-bond acceptors (Lipinski definition) is 5. The first kappa shape index (κ1) is 57.9. The minimum absolute atomic E-state index is 0.0195. The highest BCUT2D eigenvalue weighted by Gasteiger charge is 2.20. The standard InChI is InChI=1S/C53H105NO5/c1-3-5-7-9-11-13-15-17-19-20-21-22-23-25-27-31-35-39-43-47-53(58)59-48-44-40-36-32-28-30-34-38-42-46-52(57)54-50(49-55)51(56)45-41-37-33-29-26-24-18-16-14-12-10-8-6-4-2/h50-51,55-56H,3-49H2,1-2H3,(H,54,57). The molecule has 0 aliphatic carbocycles. The summed E-state index contributed by atoms with van der Waals surface area (Å²) in [6.45, 7) is 4.91. The van der Waals surface area contributed by atoms with Gasteiger partial charge in [-0.05, 0) is 25.7 Å². The number of amides is 1. The molecular weight excluding hydrogens is 731 g/mol. The minimum Gasteiger partial charge on any atom is -0.466 e. The van der Waals surface area contributed by atoms with Gasteiger partial charge in [0.25, 0.3) is 0 Å². The molecule has 0 aromatic heterocycles. The van der Waals surface area contributed by atoms with E-state index in [4.69, 9.17) is 4.74 Å². The van der Waals surface area contributed by atoms with E-state index < -0.39 is 12.1 Å². The van der Waals surface area contributed by atoms with Crippen LogP contribution in [0.4, 0.5) is 0 Å². The first-order valence-corrected chi connectivity index (χ1v) is 26.8. The van der Waals surface area contributed by atoms with E-state index in [2.05, 4.69) is 19.2 Å². The van der Waals surface area contributed by atoms with Crippen LogP contribution in [0.5, 0.6) is 0 Å². The van der Waals surface area contributed by atoms with Crippen molar-refractivity contribution in [1.29, 1.82) is 0 Å². The van der Waals surface area contributed by atoms with Gasteiger partial charge in [0.2, 0.25) is 5.91 Å². The van der Waals surface area contributed by atoms with Crippen LogP contribution < -0.4 is 5.32 Å². The van der Waals surface area contributed by atoms with Crippen molar-refractivity contribution in [2.24, 2.45) is 0 Å². The van der Waals surface area contributed by atoms with Gasteiger partial charge in [-0.1, -0.05) is 264 Å². The van der Waals surface area contributed by atoms with E-state index in [1.807, 2.05) is 0 Å². The first-order valence-electron chi connectivity index (χ1n) is 26.8. The summed E-state index contributed by atoms with van der Waals surface area (Å²) in [6, 6.07) is -0.559. The zero-order valence-corrected chi connectivity index (χ0v) is 40.0. The largest absolute Gasteiger partial charge is 0.466 e. The Kier molecular flexibility index (Phi) is 48.6. The van der Waals surface area contributed by atoms with Crippen molar-refractivity contribution in [1.82, 2.24) is 5.32 Å². The lowest BCUT2D eigenvalue weighted by molar-refractivity contribution is -0.143. The third kappa shape index (κ3) is 46.2. The summed E-state index contributed by atoms with van der Waals surface area (Å²) in [6.07, 6.45) is 55.0. The fraction of sp³-hybridized carbons (Fsp3) is 0.962. The van der Waals surface area contributed by atoms with Crippen molar-refractivity contribution >= 4 is 11.9 Å². The highest BCUT2D eigenvalue weighted by Crippen LogP contribution is 2.17. The summed E-state index contributed by atoms with van der Waals surface area (Å²) in [5.41, 5.74) is 0. The number of ether oxygens (including phenoxy) is 1. The van der Waals surface area contributed by atoms with Gasteiger partial charge in [0, 0.05) is 12.8 Å². The van der Waals surface area contributed by atoms with Gasteiger partial charge in [-0.3, -0.25) is 9.59 Å². The Labute approximate surface area is 368 Å². The van der Waals surface area contributed by atoms with Gasteiger partial charge < -0.3 is 20.3 Å². The second-order valence-electron chi connectivity index (χ2n) is 18.6. The van der Waals surface area contributed by atoms with Crippen molar-refractivity contribution in [3.05, 3.63) is 0 Å². The molecule has 0 saturated heterocycles. The number of aliphatic hydroxyl groups excluding tert-OH is 2. The lowest BCUT2D eigenvalue weighted by atomic mass is 10.0. The maximum atomic E-state index is 12.4. The van der Waals surface area contributed by atoms with Crippen LogP contribution in [0, 0.1) is 0 Å². The molecule has 0 fully saturated rings. The van der Waals surface area contributed by atoms with Crippen molar-refractivity contribution in [2.45, 2.75) is 315 Å². The number of unbranched alkanes of at least 4 members (excludes halogenated alkanes) is 39. The number of carbonyl (C=O) groups is 2. The summed E-state index contributed by atoms with van der Waals surface area (Å²) in [5, 5.41) is 23.2. The van der Waals surface area contributed by atoms with E-state index in [9.17, 15) is 19.8 Å². The SMILES string of the molecule is CCCCCCCCCCCCCCCCCCCCCC(=O)OCCCCCCCCCCCC(=O)NC(CO)C(O)CCCCCCCCCCCCCCCC. The Balaban J connectivity index is 3.44. The predicted octanol–water partition coefficient (Wildman–Crippen LogP) is 16.0. The van der Waals surface area contributed by atoms with Gasteiger partial charge in [-0.2, -0.15) is 0 Å². The molecule has 0 bridgehead atoms. The van der Waals surface area contributed by atoms with Crippen molar-refractivity contribution < 1.29 is 24.5 Å². The predicted molar refractivity (Wildman–Crippen MR) is 255 cm³/mol. The van der Waals surface area contributed by atoms with Crippen molar-refractivity contribution in [2.75, 3.05) is 13.2 Å². The van der Waals surface area contributed by atoms with Crippen LogP contribution >= 0.6 is 0 Å². The molecular formula is C53H105NO5. The quantitative estimate of drug-likeness (QED) is 0.0419. The van der Waals surface area contributed by atoms with Crippen LogP contribution in [-0.4, -0.2) is 47.4 Å². The van der Waals surface area contributed by atoms with E-state index in [1.165, 1.54) is 212 Å². The van der Waals surface area contributed by atoms with Crippen LogP contribution in [0.15, 0.2) is 0 Å². The summed E-state index contributed by atoms with van der Waals surface area (Å²) in [4.78, 5) is 24.5. The summed E-state index contributed by atoms with van der Waals surface area (Å²) in [7, 11) is 0. The molecule has 0 aliphatic heterocycles. The fourth-order valence-corrected chi connectivity index (χ4v) is 8.52. The Morgan fingerprint density at radius 1 is 0.407 bits per heavy atom. The van der Waals surface area contributed by atoms with Gasteiger partial charge in [-0.25, -0.2) is 0 Å². The molecule has 0 aromatic rings. The average Bonchev–Trinajstić information content (AvgIpc) is 3.24. The maximum Gasteiger partial charge on any atom is 0.305 e. The molecule has 0 saturated carbocycles. The number of esters is 1. The summed E-state index contributed by atoms with van der Waals surface area (Å²) < 4.78 is 5.47. The van der Waals surface area contributed by atoms with E-state index in [0.717, 1.165) is 57.8 Å². The number of nitrogens with one attached hydrogen (secondary N) is 1. The van der Waals surface area contributed by atoms with Crippen LogP contribution in [0.3, 0.4) is 0 Å². The third-order valence-electron chi connectivity index (χ3n) is 12.7. The number of carbonyl (C=O) groups excluding carboxylic acids is 2. The van der Waals surface area contributed by atoms with Gasteiger partial charge in [-0.15, -0.1) is 0 Å². The smallest absolute Gasteiger partial charge is 0.305 e. The van der Waals surface area contributed by atoms with Crippen molar-refractivity contribution in [3.8, 4) is 0 Å². The lowest BCUT2D eigenvalue weighted by Crippen LogP contribution is -2.45. The molecule has 2 atom stereocenters. The zero-order valence-electron chi connectivity index (χ0n) is 40.0. The van der Waals surface area contributed by atoms with Crippen LogP contribution in [0.25, 0.3) is 0 Å². The fourth-order valence-electron chi connectivity index (χ4n) is 8.52. The van der Waals surface area contributed by atoms with E-state index in [1.54, 1.807) is 0 Å². The zero-order chi connectivity index (χ0) is 43.0. The van der Waals surface area contributed by atoms with Gasteiger partial charge in [0.1, 0.15) is 0 Å². The molecule has 0 rings (SSSR count). The van der Waals surface area contributed by atoms with Crippen molar-refractivity contribution in [3.63, 3.8) is 0 Å². The minimum atomic E-state index is -0.679. The molecule has 0 radical (unpaired) electrons. The molecule has 0 spiro atoms. The molecule has 6 heteroatoms. The Morgan fingerprint density at radius 3 is 1.03 bits per heavy atom. The van der Waals surface area contributed by atoms with E-state index in [-0.39, 0.29) is 18.5 Å². The molecule has 59 heavy (non-hydrogen) atoms. The number of aliphatic hydroxyl groups is 2. The molecule has 0 heterocycles. The molecule has 0 aliphatic rings. The van der Waals surface area contributed by atoms with Crippen LogP contribution in [0.2, 0.25) is 0 Å². The average molecular weight is 836 g/mol. The Morgan fingerprint density at radius 2 is 0.695 bits per heavy atom. The topological polar surface area (TPSA) is 95.9 Å². The molecule has 2 unspecified atom stereocenters. The number of hydrogen-bond donors (Lipinski definition) is 3. The van der Waals surface area contributed by atoms with Gasteiger partial charge in [0.05, 0.1) is 25.4 Å². The Bertz CT molecular complexity index is 837. The molecule has 0 aromatic carbocycles. The molecule has 6 nitrogen and oxygen atoms in total. The second kappa shape index (κ2) is 49.5. The summed E-state index contributed by atoms with van der Waals surface area (Å²) >= 11 is 0. The Hall–Kier alpha value is -1.14. The molecule has 352 valence electrons. The molecule has 3 N–H and O–H groups in total. The number of rotatable bonds is 50. The lowest BCUT2D eigenvalue weighted by Gasteiger charge is -2.22. The first-order chi connectivity index (χ1) is 29.0. The highest BCUT2D eigenvalue weighted by atomic mass is 16.5. The maximum absolute atomic E-state index is 12.4. The monoisotopic (exact) mass is 836 g/mol. The van der Waals surface area contributed by atoms with E-state index in [0.29, 0.717) is 25.9 Å². The van der Waals surface area contributed by atoms with Gasteiger partial charge in [0.15, 0.2) is 0 Å². The van der Waals surface area contributed by atoms with E-state index >= 15 is 0 Å². The second-order valence-corrected chi connectivity index (χ2v) is 18.6.